The molecular formula is C16H19FN2O2. The molecular weight excluding hydrogens is 271 g/mol. The number of furan rings is 1. The van der Waals surface area contributed by atoms with Crippen LogP contribution >= 0.6 is 0 Å². The van der Waals surface area contributed by atoms with Crippen molar-refractivity contribution >= 4 is 16.9 Å². The minimum atomic E-state index is -0.339. The van der Waals surface area contributed by atoms with Crippen molar-refractivity contribution in [3.05, 3.63) is 35.8 Å². The maximum atomic E-state index is 13.1. The Morgan fingerprint density at radius 2 is 2.33 bits per heavy atom. The molecule has 1 amide bonds. The predicted molar refractivity (Wildman–Crippen MR) is 78.2 cm³/mol. The Labute approximate surface area is 122 Å². The molecule has 2 unspecified atom stereocenters. The fourth-order valence-electron chi connectivity index (χ4n) is 3.12. The fraction of sp³-hybridized carbons (Fsp3) is 0.438. The van der Waals surface area contributed by atoms with E-state index in [2.05, 4.69) is 6.92 Å². The van der Waals surface area contributed by atoms with Gasteiger partial charge in [0.05, 0.1) is 12.7 Å². The van der Waals surface area contributed by atoms with Crippen LogP contribution in [0.2, 0.25) is 0 Å². The van der Waals surface area contributed by atoms with Crippen LogP contribution < -0.4 is 5.73 Å². The summed E-state index contributed by atoms with van der Waals surface area (Å²) in [4.78, 5) is 14.4. The largest absolute Gasteiger partial charge is 0.464 e. The van der Waals surface area contributed by atoms with E-state index in [4.69, 9.17) is 10.2 Å². The average Bonchev–Trinajstić information content (AvgIpc) is 3.02. The molecule has 1 aromatic carbocycles. The summed E-state index contributed by atoms with van der Waals surface area (Å²) in [5.74, 6) is 0.123. The SMILES string of the molecule is CC1CC(CN)CN1C(=O)Cc1coc2cc(F)ccc12. The third-order valence-corrected chi connectivity index (χ3v) is 4.27. The second kappa shape index (κ2) is 5.48. The summed E-state index contributed by atoms with van der Waals surface area (Å²) in [5, 5.41) is 0.798. The molecule has 1 fully saturated rings. The Kier molecular flexibility index (Phi) is 3.68. The van der Waals surface area contributed by atoms with Crippen molar-refractivity contribution in [2.45, 2.75) is 25.8 Å². The number of likely N-dealkylation sites (tertiary alicyclic amines) is 1. The molecule has 0 aliphatic carbocycles. The highest BCUT2D eigenvalue weighted by atomic mass is 19.1. The van der Waals surface area contributed by atoms with Crippen LogP contribution in [0, 0.1) is 11.7 Å². The lowest BCUT2D eigenvalue weighted by Crippen LogP contribution is -2.35. The lowest BCUT2D eigenvalue weighted by molar-refractivity contribution is -0.131. The van der Waals surface area contributed by atoms with Crippen molar-refractivity contribution in [1.29, 1.82) is 0 Å². The number of halogens is 1. The van der Waals surface area contributed by atoms with E-state index >= 15 is 0 Å². The van der Waals surface area contributed by atoms with Gasteiger partial charge in [-0.1, -0.05) is 0 Å². The molecule has 5 heteroatoms. The van der Waals surface area contributed by atoms with Crippen LogP contribution in [0.5, 0.6) is 0 Å². The number of amides is 1. The van der Waals surface area contributed by atoms with Crippen LogP contribution in [0.15, 0.2) is 28.9 Å². The van der Waals surface area contributed by atoms with Crippen LogP contribution in [0.3, 0.4) is 0 Å². The molecule has 0 bridgehead atoms. The summed E-state index contributed by atoms with van der Waals surface area (Å²) < 4.78 is 18.5. The molecule has 1 aliphatic heterocycles. The first-order valence-electron chi connectivity index (χ1n) is 7.23. The first-order valence-corrected chi connectivity index (χ1v) is 7.23. The van der Waals surface area contributed by atoms with E-state index in [1.54, 1.807) is 12.3 Å². The van der Waals surface area contributed by atoms with Crippen molar-refractivity contribution in [3.8, 4) is 0 Å². The van der Waals surface area contributed by atoms with Crippen LogP contribution in [-0.4, -0.2) is 29.9 Å². The van der Waals surface area contributed by atoms with Crippen LogP contribution in [0.1, 0.15) is 18.9 Å². The van der Waals surface area contributed by atoms with Crippen molar-refractivity contribution < 1.29 is 13.6 Å². The van der Waals surface area contributed by atoms with Crippen molar-refractivity contribution in [2.24, 2.45) is 11.7 Å². The molecule has 21 heavy (non-hydrogen) atoms. The number of rotatable bonds is 3. The quantitative estimate of drug-likeness (QED) is 0.943. The molecule has 1 aliphatic rings. The zero-order valence-electron chi connectivity index (χ0n) is 12.0. The molecule has 2 heterocycles. The first-order chi connectivity index (χ1) is 10.1. The van der Waals surface area contributed by atoms with Gasteiger partial charge in [-0.05, 0) is 37.9 Å². The third-order valence-electron chi connectivity index (χ3n) is 4.27. The van der Waals surface area contributed by atoms with E-state index in [9.17, 15) is 9.18 Å². The summed E-state index contributed by atoms with van der Waals surface area (Å²) in [5.41, 5.74) is 6.98. The zero-order valence-corrected chi connectivity index (χ0v) is 12.0. The first kappa shape index (κ1) is 14.1. The second-order valence-corrected chi connectivity index (χ2v) is 5.81. The lowest BCUT2D eigenvalue weighted by atomic mass is 10.1. The van der Waals surface area contributed by atoms with Crippen LogP contribution in [0.4, 0.5) is 4.39 Å². The number of nitrogens with two attached hydrogens (primary N) is 1. The molecule has 0 saturated carbocycles. The third kappa shape index (κ3) is 2.65. The van der Waals surface area contributed by atoms with Crippen molar-refractivity contribution in [2.75, 3.05) is 13.1 Å². The molecule has 2 atom stereocenters. The van der Waals surface area contributed by atoms with E-state index in [1.165, 1.54) is 12.1 Å². The summed E-state index contributed by atoms with van der Waals surface area (Å²) in [6.45, 7) is 3.39. The highest BCUT2D eigenvalue weighted by Crippen LogP contribution is 2.26. The predicted octanol–water partition coefficient (Wildman–Crippen LogP) is 2.31. The molecule has 4 nitrogen and oxygen atoms in total. The Bertz CT molecular complexity index is 667. The lowest BCUT2D eigenvalue weighted by Gasteiger charge is -2.21. The highest BCUT2D eigenvalue weighted by molar-refractivity contribution is 5.87. The van der Waals surface area contributed by atoms with Crippen molar-refractivity contribution in [3.63, 3.8) is 0 Å². The van der Waals surface area contributed by atoms with E-state index in [0.717, 1.165) is 23.9 Å². The Morgan fingerprint density at radius 1 is 1.52 bits per heavy atom. The van der Waals surface area contributed by atoms with Gasteiger partial charge >= 0.3 is 0 Å². The summed E-state index contributed by atoms with van der Waals surface area (Å²) in [6, 6.07) is 4.61. The van der Waals surface area contributed by atoms with Gasteiger partial charge in [0.2, 0.25) is 5.91 Å². The molecule has 2 N–H and O–H groups in total. The second-order valence-electron chi connectivity index (χ2n) is 5.81. The number of nitrogens with zero attached hydrogens (tertiary/aromatic N) is 1. The van der Waals surface area contributed by atoms with Gasteiger partial charge in [0.1, 0.15) is 11.4 Å². The fourth-order valence-corrected chi connectivity index (χ4v) is 3.12. The zero-order chi connectivity index (χ0) is 15.0. The number of fused-ring (bicyclic) bond motifs is 1. The monoisotopic (exact) mass is 290 g/mol. The van der Waals surface area contributed by atoms with Gasteiger partial charge in [-0.15, -0.1) is 0 Å². The smallest absolute Gasteiger partial charge is 0.227 e. The van der Waals surface area contributed by atoms with Gasteiger partial charge in [-0.2, -0.15) is 0 Å². The number of hydrogen-bond donors (Lipinski definition) is 1. The average molecular weight is 290 g/mol. The number of hydrogen-bond acceptors (Lipinski definition) is 3. The normalized spacial score (nSPS) is 22.1. The van der Waals surface area contributed by atoms with Crippen LogP contribution in [0.25, 0.3) is 11.0 Å². The molecule has 2 aromatic rings. The number of carbonyl (C=O) groups excluding carboxylic acids is 1. The molecule has 112 valence electrons. The number of benzene rings is 1. The van der Waals surface area contributed by atoms with Crippen LogP contribution in [-0.2, 0) is 11.2 Å². The summed E-state index contributed by atoms with van der Waals surface area (Å²) >= 11 is 0. The maximum Gasteiger partial charge on any atom is 0.227 e. The highest BCUT2D eigenvalue weighted by Gasteiger charge is 2.31. The Hall–Kier alpha value is -1.88. The maximum absolute atomic E-state index is 13.1. The Morgan fingerprint density at radius 3 is 3.05 bits per heavy atom. The van der Waals surface area contributed by atoms with E-state index < -0.39 is 0 Å². The summed E-state index contributed by atoms with van der Waals surface area (Å²) in [7, 11) is 0. The molecule has 0 radical (unpaired) electrons. The van der Waals surface area contributed by atoms with E-state index in [0.29, 0.717) is 18.0 Å². The molecule has 3 rings (SSSR count). The van der Waals surface area contributed by atoms with E-state index in [-0.39, 0.29) is 24.2 Å². The number of carbonyl (C=O) groups is 1. The molecule has 1 saturated heterocycles. The standard InChI is InChI=1S/C16H19FN2O2/c1-10-4-11(7-18)8-19(10)16(20)5-12-9-21-15-6-13(17)2-3-14(12)15/h2-3,6,9-11H,4-5,7-8,18H2,1H3. The van der Waals surface area contributed by atoms with Gasteiger partial charge in [0, 0.05) is 29.6 Å². The van der Waals surface area contributed by atoms with Crippen molar-refractivity contribution in [1.82, 2.24) is 4.90 Å². The van der Waals surface area contributed by atoms with Gasteiger partial charge in [-0.3, -0.25) is 4.79 Å². The minimum absolute atomic E-state index is 0.0745. The Balaban J connectivity index is 1.77. The van der Waals surface area contributed by atoms with Gasteiger partial charge in [0.25, 0.3) is 0 Å². The van der Waals surface area contributed by atoms with Gasteiger partial charge < -0.3 is 15.1 Å². The molecule has 1 aromatic heterocycles. The topological polar surface area (TPSA) is 59.5 Å². The van der Waals surface area contributed by atoms with E-state index in [1.807, 2.05) is 4.90 Å². The minimum Gasteiger partial charge on any atom is -0.464 e. The van der Waals surface area contributed by atoms with Gasteiger partial charge in [0.15, 0.2) is 0 Å². The van der Waals surface area contributed by atoms with Gasteiger partial charge in [-0.25, -0.2) is 4.39 Å². The molecule has 0 spiro atoms. The summed E-state index contributed by atoms with van der Waals surface area (Å²) in [6.07, 6.45) is 2.78.